The second-order valence-corrected chi connectivity index (χ2v) is 8.91. The predicted octanol–water partition coefficient (Wildman–Crippen LogP) is 2.23. The maximum absolute atomic E-state index is 12.7. The standard InChI is InChI=1S/C22H33BN2O5/c1-15(2)24-8-11-25-9-6-16(7-10-25)12-19(26)14-18-13-17-4-3-5-20(22(27)28)21(17)30-23(18)29/h3-5,15-16,18,24,29H,6-14H2,1-2H3,(H,27,28)/t18-/m1/s1. The molecule has 0 saturated carbocycles. The zero-order chi connectivity index (χ0) is 21.7. The summed E-state index contributed by atoms with van der Waals surface area (Å²) < 4.78 is 5.51. The third-order valence-corrected chi connectivity index (χ3v) is 6.14. The highest BCUT2D eigenvalue weighted by molar-refractivity contribution is 6.47. The topological polar surface area (TPSA) is 99.1 Å². The molecule has 1 saturated heterocycles. The van der Waals surface area contributed by atoms with E-state index in [1.54, 1.807) is 12.1 Å². The Morgan fingerprint density at radius 3 is 2.67 bits per heavy atom. The Balaban J connectivity index is 1.46. The number of aromatic carboxylic acids is 1. The van der Waals surface area contributed by atoms with Gasteiger partial charge in [0.05, 0.1) is 5.56 Å². The van der Waals surface area contributed by atoms with Crippen molar-refractivity contribution in [1.29, 1.82) is 0 Å². The molecule has 0 bridgehead atoms. The van der Waals surface area contributed by atoms with E-state index in [9.17, 15) is 19.7 Å². The zero-order valence-electron chi connectivity index (χ0n) is 18.0. The van der Waals surface area contributed by atoms with Gasteiger partial charge in [0.15, 0.2) is 0 Å². The van der Waals surface area contributed by atoms with Gasteiger partial charge in [-0.05, 0) is 49.9 Å². The Labute approximate surface area is 178 Å². The first-order valence-electron chi connectivity index (χ1n) is 11.0. The molecule has 3 rings (SSSR count). The van der Waals surface area contributed by atoms with Gasteiger partial charge < -0.3 is 25.0 Å². The van der Waals surface area contributed by atoms with Crippen LogP contribution >= 0.6 is 0 Å². The van der Waals surface area contributed by atoms with Crippen LogP contribution in [0.1, 0.15) is 55.5 Å². The van der Waals surface area contributed by atoms with E-state index < -0.39 is 13.1 Å². The van der Waals surface area contributed by atoms with Crippen molar-refractivity contribution in [3.63, 3.8) is 0 Å². The number of carboxylic acids is 1. The van der Waals surface area contributed by atoms with E-state index in [1.165, 1.54) is 6.07 Å². The van der Waals surface area contributed by atoms with E-state index in [4.69, 9.17) is 4.65 Å². The van der Waals surface area contributed by atoms with E-state index in [0.717, 1.165) is 44.6 Å². The number of piperidine rings is 1. The lowest BCUT2D eigenvalue weighted by atomic mass is 9.64. The number of nitrogens with one attached hydrogen (secondary N) is 1. The number of hydrogen-bond acceptors (Lipinski definition) is 6. The maximum atomic E-state index is 12.7. The van der Waals surface area contributed by atoms with Crippen LogP contribution in [0.3, 0.4) is 0 Å². The number of para-hydroxylation sites is 1. The minimum Gasteiger partial charge on any atom is -0.535 e. The number of rotatable bonds is 9. The summed E-state index contributed by atoms with van der Waals surface area (Å²) in [6.07, 6.45) is 3.31. The fourth-order valence-electron chi connectivity index (χ4n) is 4.45. The summed E-state index contributed by atoms with van der Waals surface area (Å²) in [6.45, 7) is 8.39. The SMILES string of the molecule is CC(C)NCCN1CCC(CC(=O)C[C@H]2Cc3cccc(C(=O)O)c3OB2O)CC1. The molecule has 0 amide bonds. The van der Waals surface area contributed by atoms with Crippen LogP contribution in [0, 0.1) is 5.92 Å². The van der Waals surface area contributed by atoms with E-state index in [1.807, 2.05) is 0 Å². The molecule has 0 aliphatic carbocycles. The summed E-state index contributed by atoms with van der Waals surface area (Å²) in [5.74, 6) is -0.642. The lowest BCUT2D eigenvalue weighted by molar-refractivity contribution is -0.120. The normalized spacial score (nSPS) is 20.1. The van der Waals surface area contributed by atoms with Crippen molar-refractivity contribution in [3.8, 4) is 5.75 Å². The zero-order valence-corrected chi connectivity index (χ0v) is 18.0. The number of carbonyl (C=O) groups is 2. The van der Waals surface area contributed by atoms with Crippen molar-refractivity contribution in [3.05, 3.63) is 29.3 Å². The smallest absolute Gasteiger partial charge is 0.526 e. The van der Waals surface area contributed by atoms with Crippen molar-refractivity contribution in [2.75, 3.05) is 26.2 Å². The summed E-state index contributed by atoms with van der Waals surface area (Å²) in [5, 5.41) is 23.1. The molecule has 1 aromatic carbocycles. The van der Waals surface area contributed by atoms with Gasteiger partial charge in [0, 0.05) is 37.8 Å². The summed E-state index contributed by atoms with van der Waals surface area (Å²) in [7, 11) is -1.16. The molecule has 1 fully saturated rings. The molecular formula is C22H33BN2O5. The first kappa shape index (κ1) is 22.8. The van der Waals surface area contributed by atoms with Crippen LogP contribution in [0.25, 0.3) is 0 Å². The molecule has 2 aliphatic heterocycles. The quantitative estimate of drug-likeness (QED) is 0.531. The number of fused-ring (bicyclic) bond motifs is 1. The summed E-state index contributed by atoms with van der Waals surface area (Å²) in [4.78, 5) is 26.5. The van der Waals surface area contributed by atoms with E-state index in [-0.39, 0.29) is 29.3 Å². The molecule has 1 atom stereocenters. The largest absolute Gasteiger partial charge is 0.535 e. The molecule has 0 aromatic heterocycles. The van der Waals surface area contributed by atoms with Crippen molar-refractivity contribution < 1.29 is 24.4 Å². The number of carbonyl (C=O) groups excluding carboxylic acids is 1. The van der Waals surface area contributed by atoms with Crippen molar-refractivity contribution in [2.45, 2.75) is 57.8 Å². The number of carboxylic acid groups (broad SMARTS) is 1. The van der Waals surface area contributed by atoms with E-state index >= 15 is 0 Å². The second kappa shape index (κ2) is 10.4. The molecule has 3 N–H and O–H groups in total. The minimum absolute atomic E-state index is 0.0479. The molecule has 0 unspecified atom stereocenters. The number of nitrogens with zero attached hydrogens (tertiary/aromatic N) is 1. The van der Waals surface area contributed by atoms with Crippen molar-refractivity contribution >= 4 is 18.9 Å². The summed E-state index contributed by atoms with van der Waals surface area (Å²) in [6, 6.07) is 5.44. The van der Waals surface area contributed by atoms with Crippen LogP contribution < -0.4 is 9.97 Å². The number of hydrogen-bond donors (Lipinski definition) is 3. The molecule has 8 heteroatoms. The van der Waals surface area contributed by atoms with Crippen LogP contribution in [-0.4, -0.2) is 66.1 Å². The Bertz CT molecular complexity index is 749. The van der Waals surface area contributed by atoms with Gasteiger partial charge in [-0.3, -0.25) is 4.79 Å². The summed E-state index contributed by atoms with van der Waals surface area (Å²) >= 11 is 0. The van der Waals surface area contributed by atoms with Crippen LogP contribution in [-0.2, 0) is 11.2 Å². The van der Waals surface area contributed by atoms with Crippen LogP contribution in [0.4, 0.5) is 0 Å². The average molecular weight is 416 g/mol. The molecular weight excluding hydrogens is 383 g/mol. The molecule has 164 valence electrons. The van der Waals surface area contributed by atoms with E-state index in [0.29, 0.717) is 24.8 Å². The lowest BCUT2D eigenvalue weighted by Crippen LogP contribution is -2.40. The first-order chi connectivity index (χ1) is 14.3. The van der Waals surface area contributed by atoms with Crippen LogP contribution in [0.5, 0.6) is 5.75 Å². The monoisotopic (exact) mass is 416 g/mol. The third-order valence-electron chi connectivity index (χ3n) is 6.14. The van der Waals surface area contributed by atoms with Crippen molar-refractivity contribution in [2.24, 2.45) is 5.92 Å². The maximum Gasteiger partial charge on any atom is 0.526 e. The minimum atomic E-state index is -1.16. The Kier molecular flexibility index (Phi) is 7.91. The van der Waals surface area contributed by atoms with Crippen LogP contribution in [0.15, 0.2) is 18.2 Å². The highest BCUT2D eigenvalue weighted by Gasteiger charge is 2.38. The molecule has 0 spiro atoms. The van der Waals surface area contributed by atoms with Gasteiger partial charge in [-0.15, -0.1) is 0 Å². The van der Waals surface area contributed by atoms with Gasteiger partial charge in [-0.2, -0.15) is 0 Å². The number of likely N-dealkylation sites (tertiary alicyclic amines) is 1. The first-order valence-corrected chi connectivity index (χ1v) is 11.0. The predicted molar refractivity (Wildman–Crippen MR) is 116 cm³/mol. The lowest BCUT2D eigenvalue weighted by Gasteiger charge is -2.32. The van der Waals surface area contributed by atoms with Gasteiger partial charge in [0.2, 0.25) is 0 Å². The average Bonchev–Trinajstić information content (AvgIpc) is 2.69. The summed E-state index contributed by atoms with van der Waals surface area (Å²) in [5.41, 5.74) is 0.785. The molecule has 2 aliphatic rings. The molecule has 7 nitrogen and oxygen atoms in total. The Hall–Kier alpha value is -1.90. The van der Waals surface area contributed by atoms with Gasteiger partial charge in [0.1, 0.15) is 11.5 Å². The molecule has 1 aromatic rings. The number of benzene rings is 1. The number of Topliss-reactive ketones (excluding diaryl/α,β-unsaturated/α-hetero) is 1. The van der Waals surface area contributed by atoms with Gasteiger partial charge in [-0.1, -0.05) is 26.0 Å². The second-order valence-electron chi connectivity index (χ2n) is 8.91. The molecule has 30 heavy (non-hydrogen) atoms. The van der Waals surface area contributed by atoms with Gasteiger partial charge in [-0.25, -0.2) is 4.79 Å². The highest BCUT2D eigenvalue weighted by atomic mass is 16.5. The highest BCUT2D eigenvalue weighted by Crippen LogP contribution is 2.36. The Morgan fingerprint density at radius 1 is 1.27 bits per heavy atom. The van der Waals surface area contributed by atoms with Gasteiger partial charge >= 0.3 is 13.1 Å². The van der Waals surface area contributed by atoms with E-state index in [2.05, 4.69) is 24.1 Å². The Morgan fingerprint density at radius 2 is 2.00 bits per heavy atom. The van der Waals surface area contributed by atoms with Gasteiger partial charge in [0.25, 0.3) is 0 Å². The molecule has 2 heterocycles. The van der Waals surface area contributed by atoms with Crippen LogP contribution in [0.2, 0.25) is 5.82 Å². The fraction of sp³-hybridized carbons (Fsp3) is 0.636. The number of ketones is 1. The molecule has 0 radical (unpaired) electrons. The fourth-order valence-corrected chi connectivity index (χ4v) is 4.45. The van der Waals surface area contributed by atoms with Crippen molar-refractivity contribution in [1.82, 2.24) is 10.2 Å². The third kappa shape index (κ3) is 6.06.